The molecule has 0 radical (unpaired) electrons. The fraction of sp³-hybridized carbons (Fsp3) is 0.348. The molecule has 0 heterocycles. The first-order valence-corrected chi connectivity index (χ1v) is 9.99. The van der Waals surface area contributed by atoms with Gasteiger partial charge >= 0.3 is 5.97 Å². The number of aryl methyl sites for hydroxylation is 1. The molecule has 2 rings (SSSR count). The second kappa shape index (κ2) is 12.1. The standard InChI is InChI=1S/C21H20ClFO5.C2H6/c1-4-28-21(26)18(25)11-17(24)15-10-14(12(2)8-19(15)27-3)9-13-6-5-7-16(22)20(13)23;1-2/h5-8,10H,4,9,11H2,1-3H3;1-2H3. The van der Waals surface area contributed by atoms with E-state index in [1.807, 2.05) is 13.8 Å². The third-order valence-electron chi connectivity index (χ3n) is 4.20. The Morgan fingerprint density at radius 3 is 2.37 bits per heavy atom. The molecule has 0 fully saturated rings. The third-order valence-corrected chi connectivity index (χ3v) is 4.49. The van der Waals surface area contributed by atoms with Crippen molar-refractivity contribution in [3.05, 3.63) is 63.4 Å². The van der Waals surface area contributed by atoms with Crippen molar-refractivity contribution in [2.75, 3.05) is 13.7 Å². The van der Waals surface area contributed by atoms with E-state index < -0.39 is 29.8 Å². The lowest BCUT2D eigenvalue weighted by molar-refractivity contribution is -0.153. The van der Waals surface area contributed by atoms with Gasteiger partial charge in [0.1, 0.15) is 11.6 Å². The van der Waals surface area contributed by atoms with Gasteiger partial charge in [0, 0.05) is 6.42 Å². The molecule has 0 aromatic heterocycles. The van der Waals surface area contributed by atoms with Crippen LogP contribution in [-0.4, -0.2) is 31.3 Å². The number of methoxy groups -OCH3 is 1. The molecule has 0 bridgehead atoms. The van der Waals surface area contributed by atoms with Gasteiger partial charge in [-0.05, 0) is 48.7 Å². The molecule has 0 N–H and O–H groups in total. The molecular weight excluding hydrogens is 411 g/mol. The summed E-state index contributed by atoms with van der Waals surface area (Å²) < 4.78 is 24.1. The summed E-state index contributed by atoms with van der Waals surface area (Å²) in [7, 11) is 1.40. The van der Waals surface area contributed by atoms with E-state index in [4.69, 9.17) is 16.3 Å². The maximum absolute atomic E-state index is 14.2. The Balaban J connectivity index is 0.00000218. The highest BCUT2D eigenvalue weighted by atomic mass is 35.5. The van der Waals surface area contributed by atoms with Crippen LogP contribution in [0.5, 0.6) is 5.75 Å². The van der Waals surface area contributed by atoms with Gasteiger partial charge in [0.15, 0.2) is 5.78 Å². The number of esters is 1. The Morgan fingerprint density at radius 1 is 1.10 bits per heavy atom. The quantitative estimate of drug-likeness (QED) is 0.248. The largest absolute Gasteiger partial charge is 0.496 e. The van der Waals surface area contributed by atoms with Crippen molar-refractivity contribution in [3.8, 4) is 5.75 Å². The van der Waals surface area contributed by atoms with Gasteiger partial charge in [-0.1, -0.05) is 37.6 Å². The van der Waals surface area contributed by atoms with Gasteiger partial charge in [-0.3, -0.25) is 9.59 Å². The minimum absolute atomic E-state index is 0.0139. The maximum Gasteiger partial charge on any atom is 0.375 e. The molecule has 0 saturated carbocycles. The first-order valence-electron chi connectivity index (χ1n) is 9.62. The Morgan fingerprint density at radius 2 is 1.77 bits per heavy atom. The summed E-state index contributed by atoms with van der Waals surface area (Å²) in [6, 6.07) is 7.90. The van der Waals surface area contributed by atoms with Crippen LogP contribution >= 0.6 is 11.6 Å². The molecule has 0 aliphatic carbocycles. The Kier molecular flexibility index (Phi) is 10.2. The third kappa shape index (κ3) is 6.39. The summed E-state index contributed by atoms with van der Waals surface area (Å²) >= 11 is 5.83. The van der Waals surface area contributed by atoms with Gasteiger partial charge in [0.05, 0.1) is 30.7 Å². The predicted molar refractivity (Wildman–Crippen MR) is 114 cm³/mol. The molecule has 0 unspecified atom stereocenters. The van der Waals surface area contributed by atoms with Crippen LogP contribution in [0.15, 0.2) is 30.3 Å². The normalized spacial score (nSPS) is 9.97. The molecule has 2 aromatic carbocycles. The van der Waals surface area contributed by atoms with E-state index in [0.717, 1.165) is 5.56 Å². The number of Topliss-reactive ketones (excluding diaryl/α,β-unsaturated/α-hetero) is 2. The molecular formula is C23H26ClFO5. The maximum atomic E-state index is 14.2. The van der Waals surface area contributed by atoms with E-state index in [0.29, 0.717) is 11.1 Å². The summed E-state index contributed by atoms with van der Waals surface area (Å²) in [5, 5.41) is 0.0139. The van der Waals surface area contributed by atoms with Crippen molar-refractivity contribution in [1.82, 2.24) is 0 Å². The van der Waals surface area contributed by atoms with Crippen LogP contribution < -0.4 is 4.74 Å². The monoisotopic (exact) mass is 436 g/mol. The van der Waals surface area contributed by atoms with E-state index >= 15 is 0 Å². The second-order valence-electron chi connectivity index (χ2n) is 6.11. The second-order valence-corrected chi connectivity index (χ2v) is 6.52. The average molecular weight is 437 g/mol. The molecule has 2 aromatic rings. The molecule has 5 nitrogen and oxygen atoms in total. The van der Waals surface area contributed by atoms with E-state index in [2.05, 4.69) is 4.74 Å². The number of hydrogen-bond acceptors (Lipinski definition) is 5. The van der Waals surface area contributed by atoms with E-state index in [1.54, 1.807) is 38.1 Å². The molecule has 0 aliphatic heterocycles. The molecule has 0 aliphatic rings. The average Bonchev–Trinajstić information content (AvgIpc) is 2.73. The number of carbonyl (C=O) groups excluding carboxylic acids is 3. The molecule has 0 atom stereocenters. The zero-order chi connectivity index (χ0) is 22.8. The summed E-state index contributed by atoms with van der Waals surface area (Å²) in [6.45, 7) is 7.41. The lowest BCUT2D eigenvalue weighted by Gasteiger charge is -2.14. The zero-order valence-electron chi connectivity index (χ0n) is 17.8. The lowest BCUT2D eigenvalue weighted by atomic mass is 9.94. The number of hydrogen-bond donors (Lipinski definition) is 0. The van der Waals surface area contributed by atoms with Gasteiger partial charge in [-0.15, -0.1) is 0 Å². The highest BCUT2D eigenvalue weighted by molar-refractivity contribution is 6.38. The molecule has 30 heavy (non-hydrogen) atoms. The smallest absolute Gasteiger partial charge is 0.375 e. The van der Waals surface area contributed by atoms with Crippen LogP contribution in [0.25, 0.3) is 0 Å². The van der Waals surface area contributed by atoms with Gasteiger partial charge < -0.3 is 9.47 Å². The zero-order valence-corrected chi connectivity index (χ0v) is 18.6. The summed E-state index contributed by atoms with van der Waals surface area (Å²) in [5.41, 5.74) is 1.98. The van der Waals surface area contributed by atoms with E-state index in [1.165, 1.54) is 13.2 Å². The number of rotatable bonds is 8. The fourth-order valence-electron chi connectivity index (χ4n) is 2.72. The van der Waals surface area contributed by atoms with Crippen LogP contribution in [0.3, 0.4) is 0 Å². The van der Waals surface area contributed by atoms with Gasteiger partial charge in [0.2, 0.25) is 5.78 Å². The Hall–Kier alpha value is -2.73. The van der Waals surface area contributed by atoms with Gasteiger partial charge in [-0.25, -0.2) is 9.18 Å². The van der Waals surface area contributed by atoms with Crippen LogP contribution in [0, 0.1) is 12.7 Å². The highest BCUT2D eigenvalue weighted by Crippen LogP contribution is 2.28. The van der Waals surface area contributed by atoms with E-state index in [-0.39, 0.29) is 29.4 Å². The van der Waals surface area contributed by atoms with Crippen LogP contribution in [-0.2, 0) is 20.7 Å². The van der Waals surface area contributed by atoms with Crippen molar-refractivity contribution in [2.45, 2.75) is 40.5 Å². The van der Waals surface area contributed by atoms with Crippen molar-refractivity contribution in [3.63, 3.8) is 0 Å². The summed E-state index contributed by atoms with van der Waals surface area (Å²) in [6.07, 6.45) is -0.433. The van der Waals surface area contributed by atoms with Crippen LogP contribution in [0.4, 0.5) is 4.39 Å². The molecule has 0 saturated heterocycles. The Bertz CT molecular complexity index is 924. The SMILES string of the molecule is CC.CCOC(=O)C(=O)CC(=O)c1cc(Cc2cccc(Cl)c2F)c(C)cc1OC. The number of benzene rings is 2. The molecule has 7 heteroatoms. The highest BCUT2D eigenvalue weighted by Gasteiger charge is 2.23. The number of ketones is 2. The fourth-order valence-corrected chi connectivity index (χ4v) is 2.91. The lowest BCUT2D eigenvalue weighted by Crippen LogP contribution is -2.21. The van der Waals surface area contributed by atoms with Crippen molar-refractivity contribution < 1.29 is 28.2 Å². The number of halogens is 2. The molecule has 0 amide bonds. The van der Waals surface area contributed by atoms with Gasteiger partial charge in [-0.2, -0.15) is 0 Å². The topological polar surface area (TPSA) is 69.7 Å². The van der Waals surface area contributed by atoms with Crippen molar-refractivity contribution in [1.29, 1.82) is 0 Å². The Labute approximate surface area is 181 Å². The molecule has 0 spiro atoms. The van der Waals surface area contributed by atoms with Crippen LogP contribution in [0.2, 0.25) is 5.02 Å². The predicted octanol–water partition coefficient (Wildman–Crippen LogP) is 5.12. The van der Waals surface area contributed by atoms with E-state index in [9.17, 15) is 18.8 Å². The van der Waals surface area contributed by atoms with Crippen molar-refractivity contribution in [2.24, 2.45) is 0 Å². The van der Waals surface area contributed by atoms with Crippen LogP contribution in [0.1, 0.15) is 54.2 Å². The van der Waals surface area contributed by atoms with Gasteiger partial charge in [0.25, 0.3) is 0 Å². The summed E-state index contributed by atoms with van der Waals surface area (Å²) in [5.74, 6) is -2.82. The first kappa shape index (κ1) is 25.3. The van der Waals surface area contributed by atoms with Crippen molar-refractivity contribution >= 4 is 29.1 Å². The first-order chi connectivity index (χ1) is 14.3. The molecule has 162 valence electrons. The number of carbonyl (C=O) groups is 3. The minimum atomic E-state index is -1.05. The summed E-state index contributed by atoms with van der Waals surface area (Å²) in [4.78, 5) is 35.9. The number of ether oxygens (including phenoxy) is 2. The minimum Gasteiger partial charge on any atom is -0.496 e.